The fraction of sp³-hybridized carbons (Fsp3) is 0.316. The number of hydrogen-bond acceptors (Lipinski definition) is 4. The van der Waals surface area contributed by atoms with Crippen LogP contribution in [-0.2, 0) is 12.0 Å². The Balaban J connectivity index is 2.05. The molecule has 0 saturated heterocycles. The van der Waals surface area contributed by atoms with Crippen molar-refractivity contribution in [3.05, 3.63) is 65.2 Å². The third-order valence-electron chi connectivity index (χ3n) is 4.51. The van der Waals surface area contributed by atoms with Crippen molar-refractivity contribution in [2.75, 3.05) is 20.3 Å². The smallest absolute Gasteiger partial charge is 0.387 e. The van der Waals surface area contributed by atoms with Crippen LogP contribution in [0.2, 0.25) is 0 Å². The minimum Gasteiger partial charge on any atom is -0.435 e. The minimum absolute atomic E-state index is 0.0772. The number of rotatable bonds is 6. The third kappa shape index (κ3) is 3.47. The molecule has 0 aromatic heterocycles. The van der Waals surface area contributed by atoms with Crippen LogP contribution in [0.15, 0.2) is 53.5 Å². The molecule has 2 N–H and O–H groups in total. The van der Waals surface area contributed by atoms with Crippen LogP contribution in [0.3, 0.4) is 0 Å². The Morgan fingerprint density at radius 3 is 2.50 bits per heavy atom. The lowest BCUT2D eigenvalue weighted by molar-refractivity contribution is -0.0498. The number of aryl methyl sites for hydroxylation is 1. The molecule has 2 aromatic carbocycles. The summed E-state index contributed by atoms with van der Waals surface area (Å²) in [5, 5.41) is 0. The summed E-state index contributed by atoms with van der Waals surface area (Å²) in [7, 11) is 1.83. The van der Waals surface area contributed by atoms with Crippen LogP contribution in [0, 0.1) is 0 Å². The predicted molar refractivity (Wildman–Crippen MR) is 94.2 cm³/mol. The summed E-state index contributed by atoms with van der Waals surface area (Å²) in [6.45, 7) is -2.83. The maximum atomic E-state index is 12.7. The highest BCUT2D eigenvalue weighted by Crippen LogP contribution is 2.39. The summed E-state index contributed by atoms with van der Waals surface area (Å²) >= 11 is 0. The first-order valence-electron chi connectivity index (χ1n) is 8.22. The first-order valence-corrected chi connectivity index (χ1v) is 8.22. The molecule has 2 aromatic rings. The van der Waals surface area contributed by atoms with Gasteiger partial charge in [0.15, 0.2) is 5.96 Å². The van der Waals surface area contributed by atoms with E-state index in [1.165, 1.54) is 12.1 Å². The van der Waals surface area contributed by atoms with Crippen LogP contribution in [0.5, 0.6) is 5.75 Å². The fourth-order valence-corrected chi connectivity index (χ4v) is 3.22. The van der Waals surface area contributed by atoms with Crippen molar-refractivity contribution in [2.24, 2.45) is 10.7 Å². The molecule has 1 unspecified atom stereocenters. The Kier molecular flexibility index (Phi) is 5.06. The zero-order valence-electron chi connectivity index (χ0n) is 14.3. The SMILES string of the molecule is CN1CC(c2ccc(OC(F)F)cc2)(c2cccc(CCF)c2)N=C1N. The molecule has 0 saturated carbocycles. The Morgan fingerprint density at radius 2 is 1.92 bits per heavy atom. The summed E-state index contributed by atoms with van der Waals surface area (Å²) < 4.78 is 41.9. The highest BCUT2D eigenvalue weighted by atomic mass is 19.3. The number of hydrogen-bond donors (Lipinski definition) is 1. The first-order chi connectivity index (χ1) is 12.4. The maximum absolute atomic E-state index is 12.7. The van der Waals surface area contributed by atoms with Crippen molar-refractivity contribution in [3.8, 4) is 5.75 Å². The number of alkyl halides is 3. The number of likely N-dealkylation sites (N-methyl/N-ethyl adjacent to an activating group) is 1. The van der Waals surface area contributed by atoms with Gasteiger partial charge in [-0.15, -0.1) is 0 Å². The average molecular weight is 363 g/mol. The van der Waals surface area contributed by atoms with Gasteiger partial charge >= 0.3 is 6.61 Å². The van der Waals surface area contributed by atoms with Crippen LogP contribution < -0.4 is 10.5 Å². The Hall–Kier alpha value is -2.70. The minimum atomic E-state index is -2.88. The number of ether oxygens (including phenoxy) is 1. The normalized spacial score (nSPS) is 19.7. The topological polar surface area (TPSA) is 50.8 Å². The molecule has 0 fully saturated rings. The monoisotopic (exact) mass is 363 g/mol. The van der Waals surface area contributed by atoms with Gasteiger partial charge in [-0.05, 0) is 28.8 Å². The molecule has 7 heteroatoms. The highest BCUT2D eigenvalue weighted by Gasteiger charge is 2.40. The van der Waals surface area contributed by atoms with Crippen LogP contribution >= 0.6 is 0 Å². The van der Waals surface area contributed by atoms with Crippen molar-refractivity contribution in [3.63, 3.8) is 0 Å². The van der Waals surface area contributed by atoms with Crippen molar-refractivity contribution in [2.45, 2.75) is 18.6 Å². The average Bonchev–Trinajstić information content (AvgIpc) is 2.92. The Labute approximate surface area is 150 Å². The molecular weight excluding hydrogens is 343 g/mol. The molecule has 3 rings (SSSR count). The van der Waals surface area contributed by atoms with Gasteiger partial charge in [-0.2, -0.15) is 8.78 Å². The van der Waals surface area contributed by atoms with Crippen molar-refractivity contribution < 1.29 is 17.9 Å². The molecule has 1 atom stereocenters. The van der Waals surface area contributed by atoms with Gasteiger partial charge in [0.05, 0.1) is 13.2 Å². The van der Waals surface area contributed by atoms with Gasteiger partial charge in [0.2, 0.25) is 0 Å². The van der Waals surface area contributed by atoms with E-state index in [1.807, 2.05) is 36.2 Å². The molecule has 0 bridgehead atoms. The lowest BCUT2D eigenvalue weighted by Crippen LogP contribution is -2.34. The predicted octanol–water partition coefficient (Wildman–Crippen LogP) is 3.30. The van der Waals surface area contributed by atoms with Crippen molar-refractivity contribution >= 4 is 5.96 Å². The molecule has 26 heavy (non-hydrogen) atoms. The Morgan fingerprint density at radius 1 is 1.19 bits per heavy atom. The van der Waals surface area contributed by atoms with Crippen LogP contribution in [0.4, 0.5) is 13.2 Å². The third-order valence-corrected chi connectivity index (χ3v) is 4.51. The standard InChI is InChI=1S/C19H20F3N3O/c1-25-12-19(24-18(25)23,15-4-2-3-13(11-15)9-10-20)14-5-7-16(8-6-14)26-17(21)22/h2-8,11,17H,9-10,12H2,1H3,(H2,23,24). The van der Waals surface area contributed by atoms with Gasteiger partial charge in [0.1, 0.15) is 11.3 Å². The van der Waals surface area contributed by atoms with Gasteiger partial charge < -0.3 is 15.4 Å². The summed E-state index contributed by atoms with van der Waals surface area (Å²) in [5.41, 5.74) is 7.76. The first kappa shape index (κ1) is 18.1. The molecule has 1 heterocycles. The van der Waals surface area contributed by atoms with Crippen molar-refractivity contribution in [1.29, 1.82) is 0 Å². The summed E-state index contributed by atoms with van der Waals surface area (Å²) in [6.07, 6.45) is 0.320. The van der Waals surface area contributed by atoms with Crippen molar-refractivity contribution in [1.82, 2.24) is 4.90 Å². The molecular formula is C19H20F3N3O. The molecule has 0 radical (unpaired) electrons. The molecule has 0 aliphatic carbocycles. The van der Waals surface area contributed by atoms with Gasteiger partial charge in [-0.1, -0.05) is 36.4 Å². The molecule has 0 amide bonds. The van der Waals surface area contributed by atoms with E-state index in [9.17, 15) is 13.2 Å². The fourth-order valence-electron chi connectivity index (χ4n) is 3.22. The van der Waals surface area contributed by atoms with E-state index >= 15 is 0 Å². The van der Waals surface area contributed by atoms with E-state index in [0.29, 0.717) is 18.9 Å². The van der Waals surface area contributed by atoms with E-state index in [0.717, 1.165) is 16.7 Å². The maximum Gasteiger partial charge on any atom is 0.387 e. The molecule has 138 valence electrons. The summed E-state index contributed by atoms with van der Waals surface area (Å²) in [6, 6.07) is 13.9. The van der Waals surface area contributed by atoms with Gasteiger partial charge in [0.25, 0.3) is 0 Å². The second-order valence-electron chi connectivity index (χ2n) is 6.23. The lowest BCUT2D eigenvalue weighted by Gasteiger charge is -2.28. The second kappa shape index (κ2) is 7.27. The Bertz CT molecular complexity index is 795. The van der Waals surface area contributed by atoms with E-state index in [1.54, 1.807) is 12.1 Å². The van der Waals surface area contributed by atoms with E-state index in [4.69, 9.17) is 5.73 Å². The number of guanidine groups is 1. The van der Waals surface area contributed by atoms with Crippen LogP contribution in [-0.4, -0.2) is 37.7 Å². The van der Waals surface area contributed by atoms with E-state index in [-0.39, 0.29) is 5.75 Å². The molecule has 0 spiro atoms. The summed E-state index contributed by atoms with van der Waals surface area (Å²) in [5.74, 6) is 0.460. The van der Waals surface area contributed by atoms with E-state index in [2.05, 4.69) is 9.73 Å². The van der Waals surface area contributed by atoms with Gasteiger partial charge in [0, 0.05) is 13.5 Å². The van der Waals surface area contributed by atoms with Crippen LogP contribution in [0.25, 0.3) is 0 Å². The summed E-state index contributed by atoms with van der Waals surface area (Å²) in [4.78, 5) is 6.50. The number of aliphatic imine (C=N–C) groups is 1. The highest BCUT2D eigenvalue weighted by molar-refractivity contribution is 5.81. The molecule has 1 aliphatic rings. The lowest BCUT2D eigenvalue weighted by atomic mass is 9.82. The van der Waals surface area contributed by atoms with E-state index < -0.39 is 18.8 Å². The number of halogens is 3. The largest absolute Gasteiger partial charge is 0.435 e. The number of benzene rings is 2. The van der Waals surface area contributed by atoms with Gasteiger partial charge in [-0.3, -0.25) is 4.39 Å². The second-order valence-corrected chi connectivity index (χ2v) is 6.23. The zero-order chi connectivity index (χ0) is 18.7. The number of nitrogens with zero attached hydrogens (tertiary/aromatic N) is 2. The van der Waals surface area contributed by atoms with Gasteiger partial charge in [-0.25, -0.2) is 4.99 Å². The van der Waals surface area contributed by atoms with Crippen LogP contribution in [0.1, 0.15) is 16.7 Å². The molecule has 4 nitrogen and oxygen atoms in total. The quantitative estimate of drug-likeness (QED) is 0.857. The molecule has 1 aliphatic heterocycles. The zero-order valence-corrected chi connectivity index (χ0v) is 14.3. The number of nitrogens with two attached hydrogens (primary N) is 1.